The molecule has 0 radical (unpaired) electrons. The molecule has 2 saturated heterocycles. The molecule has 0 atom stereocenters. The Kier molecular flexibility index (Phi) is 4.82. The lowest BCUT2D eigenvalue weighted by Gasteiger charge is -2.50. The van der Waals surface area contributed by atoms with Crippen LogP contribution in [0.1, 0.15) is 67.2 Å². The first-order valence-corrected chi connectivity index (χ1v) is 8.83. The van der Waals surface area contributed by atoms with Gasteiger partial charge in [0.25, 0.3) is 0 Å². The molecule has 0 aromatic carbocycles. The molecule has 0 aliphatic carbocycles. The maximum Gasteiger partial charge on any atom is 0.317 e. The zero-order valence-corrected chi connectivity index (χ0v) is 15.5. The van der Waals surface area contributed by atoms with Crippen molar-refractivity contribution in [3.05, 3.63) is 0 Å². The van der Waals surface area contributed by atoms with Gasteiger partial charge in [-0.15, -0.1) is 0 Å². The average molecular weight is 309 g/mol. The molecule has 0 aromatic heterocycles. The van der Waals surface area contributed by atoms with E-state index in [0.29, 0.717) is 5.41 Å². The maximum atomic E-state index is 12.3. The molecule has 0 saturated carbocycles. The van der Waals surface area contributed by atoms with E-state index in [1.54, 1.807) is 0 Å². The van der Waals surface area contributed by atoms with Gasteiger partial charge in [-0.3, -0.25) is 4.90 Å². The van der Waals surface area contributed by atoms with Crippen molar-refractivity contribution in [2.45, 2.75) is 78.3 Å². The Balaban J connectivity index is 1.84. The molecule has 2 aliphatic rings. The number of carbonyl (C=O) groups excluding carboxylic acids is 1. The van der Waals surface area contributed by atoms with E-state index in [1.165, 1.54) is 38.8 Å². The van der Waals surface area contributed by atoms with Gasteiger partial charge in [-0.25, -0.2) is 4.79 Å². The summed E-state index contributed by atoms with van der Waals surface area (Å²) in [5.74, 6) is 0. The lowest BCUT2D eigenvalue weighted by atomic mass is 9.70. The summed E-state index contributed by atoms with van der Waals surface area (Å²) in [6.45, 7) is 17.3. The maximum absolute atomic E-state index is 12.3. The average Bonchev–Trinajstić information content (AvgIpc) is 2.37. The zero-order chi connectivity index (χ0) is 16.6. The molecule has 2 heterocycles. The van der Waals surface area contributed by atoms with Gasteiger partial charge in [0, 0.05) is 24.2 Å². The Morgan fingerprint density at radius 2 is 1.32 bits per heavy atom. The van der Waals surface area contributed by atoms with Gasteiger partial charge in [-0.2, -0.15) is 0 Å². The molecule has 2 amide bonds. The van der Waals surface area contributed by atoms with Crippen molar-refractivity contribution < 1.29 is 4.79 Å². The molecule has 0 unspecified atom stereocenters. The number of likely N-dealkylation sites (tertiary alicyclic amines) is 2. The Labute approximate surface area is 136 Å². The SMILES string of the molecule is CC(C)(C)NC(=O)N1CCC2(CC1)CCN(C(C)(C)C)CC2. The molecular formula is C18H35N3O. The summed E-state index contributed by atoms with van der Waals surface area (Å²) in [6.07, 6.45) is 4.92. The van der Waals surface area contributed by atoms with E-state index in [-0.39, 0.29) is 17.1 Å². The van der Waals surface area contributed by atoms with Crippen molar-refractivity contribution >= 4 is 6.03 Å². The van der Waals surface area contributed by atoms with Crippen LogP contribution in [0.4, 0.5) is 4.79 Å². The number of hydrogen-bond donors (Lipinski definition) is 1. The van der Waals surface area contributed by atoms with Gasteiger partial charge in [0.05, 0.1) is 0 Å². The number of amides is 2. The van der Waals surface area contributed by atoms with Crippen LogP contribution in [0.2, 0.25) is 0 Å². The Morgan fingerprint density at radius 3 is 1.73 bits per heavy atom. The van der Waals surface area contributed by atoms with E-state index in [4.69, 9.17) is 0 Å². The topological polar surface area (TPSA) is 35.6 Å². The number of urea groups is 1. The molecular weight excluding hydrogens is 274 g/mol. The molecule has 4 nitrogen and oxygen atoms in total. The van der Waals surface area contributed by atoms with E-state index in [1.807, 2.05) is 25.7 Å². The molecule has 2 fully saturated rings. The molecule has 22 heavy (non-hydrogen) atoms. The minimum atomic E-state index is -0.149. The minimum absolute atomic E-state index is 0.106. The number of nitrogens with one attached hydrogen (secondary N) is 1. The fourth-order valence-electron chi connectivity index (χ4n) is 3.74. The second kappa shape index (κ2) is 6.03. The monoisotopic (exact) mass is 309 g/mol. The normalized spacial score (nSPS) is 23.6. The standard InChI is InChI=1S/C18H35N3O/c1-16(2,3)19-15(22)20-11-7-18(8-12-20)9-13-21(14-10-18)17(4,5)6/h7-14H2,1-6H3,(H,19,22). The summed E-state index contributed by atoms with van der Waals surface area (Å²) in [5, 5.41) is 3.09. The molecule has 4 heteroatoms. The van der Waals surface area contributed by atoms with E-state index >= 15 is 0 Å². The van der Waals surface area contributed by atoms with Crippen LogP contribution in [0.25, 0.3) is 0 Å². The van der Waals surface area contributed by atoms with Crippen LogP contribution in [-0.2, 0) is 0 Å². The smallest absolute Gasteiger partial charge is 0.317 e. The number of nitrogens with zero attached hydrogens (tertiary/aromatic N) is 2. The Bertz CT molecular complexity index is 388. The predicted octanol–water partition coefficient (Wildman–Crippen LogP) is 3.47. The Hall–Kier alpha value is -0.770. The summed E-state index contributed by atoms with van der Waals surface area (Å²) < 4.78 is 0. The van der Waals surface area contributed by atoms with Gasteiger partial charge in [-0.1, -0.05) is 0 Å². The second-order valence-corrected chi connectivity index (χ2v) is 9.33. The van der Waals surface area contributed by atoms with Gasteiger partial charge >= 0.3 is 6.03 Å². The first-order chi connectivity index (χ1) is 10.0. The van der Waals surface area contributed by atoms with Crippen molar-refractivity contribution in [3.63, 3.8) is 0 Å². The molecule has 0 bridgehead atoms. The predicted molar refractivity (Wildman–Crippen MR) is 92.1 cm³/mol. The van der Waals surface area contributed by atoms with Crippen molar-refractivity contribution in [1.82, 2.24) is 15.1 Å². The largest absolute Gasteiger partial charge is 0.333 e. The quantitative estimate of drug-likeness (QED) is 0.743. The second-order valence-electron chi connectivity index (χ2n) is 9.33. The van der Waals surface area contributed by atoms with E-state index in [0.717, 1.165) is 13.1 Å². The third-order valence-electron chi connectivity index (χ3n) is 5.37. The zero-order valence-electron chi connectivity index (χ0n) is 15.5. The van der Waals surface area contributed by atoms with Crippen LogP contribution in [0.15, 0.2) is 0 Å². The fourth-order valence-corrected chi connectivity index (χ4v) is 3.74. The molecule has 1 spiro atoms. The first kappa shape index (κ1) is 17.6. The van der Waals surface area contributed by atoms with Gasteiger partial charge in [0.2, 0.25) is 0 Å². The third-order valence-corrected chi connectivity index (χ3v) is 5.37. The van der Waals surface area contributed by atoms with Crippen LogP contribution in [0.5, 0.6) is 0 Å². The minimum Gasteiger partial charge on any atom is -0.333 e. The highest BCUT2D eigenvalue weighted by molar-refractivity contribution is 5.75. The molecule has 2 rings (SSSR count). The highest BCUT2D eigenvalue weighted by atomic mass is 16.2. The van der Waals surface area contributed by atoms with E-state index in [9.17, 15) is 4.79 Å². The van der Waals surface area contributed by atoms with Crippen molar-refractivity contribution in [2.24, 2.45) is 5.41 Å². The fraction of sp³-hybridized carbons (Fsp3) is 0.944. The van der Waals surface area contributed by atoms with E-state index in [2.05, 4.69) is 31.0 Å². The molecule has 2 aliphatic heterocycles. The lowest BCUT2D eigenvalue weighted by Crippen LogP contribution is -2.55. The number of hydrogen-bond acceptors (Lipinski definition) is 2. The highest BCUT2D eigenvalue weighted by Crippen LogP contribution is 2.42. The first-order valence-electron chi connectivity index (χ1n) is 8.83. The number of rotatable bonds is 0. The van der Waals surface area contributed by atoms with Gasteiger partial charge in [0.1, 0.15) is 0 Å². The summed E-state index contributed by atoms with van der Waals surface area (Å²) >= 11 is 0. The van der Waals surface area contributed by atoms with Crippen LogP contribution >= 0.6 is 0 Å². The molecule has 1 N–H and O–H groups in total. The highest BCUT2D eigenvalue weighted by Gasteiger charge is 2.40. The van der Waals surface area contributed by atoms with Crippen LogP contribution < -0.4 is 5.32 Å². The Morgan fingerprint density at radius 1 is 0.864 bits per heavy atom. The summed E-state index contributed by atoms with van der Waals surface area (Å²) in [4.78, 5) is 16.9. The summed E-state index contributed by atoms with van der Waals surface area (Å²) in [6, 6.07) is 0.106. The van der Waals surface area contributed by atoms with Crippen LogP contribution in [0.3, 0.4) is 0 Å². The van der Waals surface area contributed by atoms with Crippen molar-refractivity contribution in [2.75, 3.05) is 26.2 Å². The van der Waals surface area contributed by atoms with Gasteiger partial charge in [0.15, 0.2) is 0 Å². The van der Waals surface area contributed by atoms with Crippen LogP contribution in [0, 0.1) is 5.41 Å². The third kappa shape index (κ3) is 4.37. The molecule has 0 aromatic rings. The van der Waals surface area contributed by atoms with Crippen LogP contribution in [-0.4, -0.2) is 53.1 Å². The summed E-state index contributed by atoms with van der Waals surface area (Å²) in [7, 11) is 0. The van der Waals surface area contributed by atoms with Gasteiger partial charge < -0.3 is 10.2 Å². The number of piperidine rings is 2. The van der Waals surface area contributed by atoms with Crippen molar-refractivity contribution in [3.8, 4) is 0 Å². The summed E-state index contributed by atoms with van der Waals surface area (Å²) in [5.41, 5.74) is 0.624. The van der Waals surface area contributed by atoms with E-state index < -0.39 is 0 Å². The molecule has 128 valence electrons. The number of carbonyl (C=O) groups is 1. The van der Waals surface area contributed by atoms with Gasteiger partial charge in [-0.05, 0) is 85.7 Å². The van der Waals surface area contributed by atoms with Crippen molar-refractivity contribution in [1.29, 1.82) is 0 Å². The lowest BCUT2D eigenvalue weighted by molar-refractivity contribution is 0.0100.